The standard InChI is InChI=1S/C9H18N2OS/c1-8-9(12)11(6-7-13-2)5-3-4-10-8/h8,10H,3-7H2,1-2H3. The maximum atomic E-state index is 11.7. The summed E-state index contributed by atoms with van der Waals surface area (Å²) in [5, 5.41) is 3.20. The van der Waals surface area contributed by atoms with Crippen LogP contribution in [0.1, 0.15) is 13.3 Å². The van der Waals surface area contributed by atoms with Crippen molar-refractivity contribution in [2.24, 2.45) is 0 Å². The van der Waals surface area contributed by atoms with E-state index in [0.717, 1.165) is 31.8 Å². The SMILES string of the molecule is CSCCN1CCCNC(C)C1=O. The predicted octanol–water partition coefficient (Wildman–Crippen LogP) is 0.560. The number of carbonyl (C=O) groups excluding carboxylic acids is 1. The first-order valence-electron chi connectivity index (χ1n) is 4.77. The zero-order chi connectivity index (χ0) is 9.68. The van der Waals surface area contributed by atoms with Gasteiger partial charge in [-0.25, -0.2) is 0 Å². The quantitative estimate of drug-likeness (QED) is 0.726. The third-order valence-electron chi connectivity index (χ3n) is 2.30. The molecule has 1 aliphatic rings. The molecule has 0 aromatic rings. The first-order valence-corrected chi connectivity index (χ1v) is 6.16. The molecular formula is C9H18N2OS. The Kier molecular flexibility index (Phi) is 4.59. The van der Waals surface area contributed by atoms with Gasteiger partial charge in [0, 0.05) is 18.8 Å². The molecule has 1 amide bonds. The summed E-state index contributed by atoms with van der Waals surface area (Å²) in [5.74, 6) is 1.30. The van der Waals surface area contributed by atoms with Crippen molar-refractivity contribution in [2.75, 3.05) is 31.6 Å². The van der Waals surface area contributed by atoms with Gasteiger partial charge >= 0.3 is 0 Å². The number of carbonyl (C=O) groups is 1. The van der Waals surface area contributed by atoms with E-state index in [2.05, 4.69) is 11.6 Å². The third kappa shape index (κ3) is 3.19. The van der Waals surface area contributed by atoms with Gasteiger partial charge in [-0.1, -0.05) is 0 Å². The summed E-state index contributed by atoms with van der Waals surface area (Å²) in [7, 11) is 0. The lowest BCUT2D eigenvalue weighted by atomic mass is 10.3. The lowest BCUT2D eigenvalue weighted by molar-refractivity contribution is -0.131. The van der Waals surface area contributed by atoms with Gasteiger partial charge in [0.25, 0.3) is 0 Å². The van der Waals surface area contributed by atoms with E-state index >= 15 is 0 Å². The zero-order valence-electron chi connectivity index (χ0n) is 8.38. The van der Waals surface area contributed by atoms with Gasteiger partial charge in [0.05, 0.1) is 6.04 Å². The van der Waals surface area contributed by atoms with E-state index in [1.807, 2.05) is 11.8 Å². The summed E-state index contributed by atoms with van der Waals surface area (Å²) in [6, 6.07) is 0.00403. The van der Waals surface area contributed by atoms with Gasteiger partial charge in [0.2, 0.25) is 5.91 Å². The van der Waals surface area contributed by atoms with Crippen LogP contribution in [0.15, 0.2) is 0 Å². The van der Waals surface area contributed by atoms with Crippen molar-refractivity contribution in [3.63, 3.8) is 0 Å². The molecule has 1 aliphatic heterocycles. The van der Waals surface area contributed by atoms with Crippen molar-refractivity contribution >= 4 is 17.7 Å². The molecule has 1 fully saturated rings. The van der Waals surface area contributed by atoms with Gasteiger partial charge < -0.3 is 10.2 Å². The summed E-state index contributed by atoms with van der Waals surface area (Å²) in [5.41, 5.74) is 0. The molecule has 0 aliphatic carbocycles. The summed E-state index contributed by atoms with van der Waals surface area (Å²) < 4.78 is 0. The number of thioether (sulfide) groups is 1. The van der Waals surface area contributed by atoms with Crippen LogP contribution in [-0.2, 0) is 4.79 Å². The van der Waals surface area contributed by atoms with Crippen LogP contribution in [0.2, 0.25) is 0 Å². The molecule has 0 bridgehead atoms. The van der Waals surface area contributed by atoms with Crippen LogP contribution in [-0.4, -0.2) is 48.5 Å². The van der Waals surface area contributed by atoms with E-state index in [1.165, 1.54) is 0 Å². The molecule has 1 rings (SSSR count). The minimum atomic E-state index is 0.00403. The maximum absolute atomic E-state index is 11.7. The predicted molar refractivity (Wildman–Crippen MR) is 57.0 cm³/mol. The fourth-order valence-electron chi connectivity index (χ4n) is 1.48. The summed E-state index contributed by atoms with van der Waals surface area (Å²) in [6.45, 7) is 4.71. The number of rotatable bonds is 3. The molecule has 76 valence electrons. The van der Waals surface area contributed by atoms with E-state index in [-0.39, 0.29) is 11.9 Å². The molecule has 0 aromatic carbocycles. The molecule has 1 atom stereocenters. The molecule has 0 spiro atoms. The Morgan fingerprint density at radius 1 is 1.69 bits per heavy atom. The highest BCUT2D eigenvalue weighted by Gasteiger charge is 2.21. The lowest BCUT2D eigenvalue weighted by Crippen LogP contribution is -2.42. The highest BCUT2D eigenvalue weighted by molar-refractivity contribution is 7.98. The molecule has 1 unspecified atom stereocenters. The second kappa shape index (κ2) is 5.50. The van der Waals surface area contributed by atoms with Gasteiger partial charge in [-0.05, 0) is 26.1 Å². The van der Waals surface area contributed by atoms with Crippen LogP contribution in [0, 0.1) is 0 Å². The molecule has 3 nitrogen and oxygen atoms in total. The van der Waals surface area contributed by atoms with Crippen molar-refractivity contribution in [3.05, 3.63) is 0 Å². The molecule has 13 heavy (non-hydrogen) atoms. The van der Waals surface area contributed by atoms with Crippen molar-refractivity contribution in [1.29, 1.82) is 0 Å². The molecule has 1 heterocycles. The van der Waals surface area contributed by atoms with E-state index in [1.54, 1.807) is 11.8 Å². The normalized spacial score (nSPS) is 24.6. The number of nitrogens with one attached hydrogen (secondary N) is 1. The number of nitrogens with zero attached hydrogens (tertiary/aromatic N) is 1. The monoisotopic (exact) mass is 202 g/mol. The van der Waals surface area contributed by atoms with E-state index in [9.17, 15) is 4.79 Å². The number of amides is 1. The Bertz CT molecular complexity index is 175. The molecular weight excluding hydrogens is 184 g/mol. The Morgan fingerprint density at radius 3 is 3.15 bits per heavy atom. The van der Waals surface area contributed by atoms with Gasteiger partial charge in [-0.2, -0.15) is 11.8 Å². The van der Waals surface area contributed by atoms with E-state index in [0.29, 0.717) is 0 Å². The van der Waals surface area contributed by atoms with Crippen LogP contribution in [0.4, 0.5) is 0 Å². The second-order valence-corrected chi connectivity index (χ2v) is 4.33. The van der Waals surface area contributed by atoms with Crippen LogP contribution in [0.3, 0.4) is 0 Å². The summed E-state index contributed by atoms with van der Waals surface area (Å²) in [6.07, 6.45) is 3.15. The van der Waals surface area contributed by atoms with Gasteiger partial charge in [0.15, 0.2) is 0 Å². The highest BCUT2D eigenvalue weighted by Crippen LogP contribution is 2.03. The fraction of sp³-hybridized carbons (Fsp3) is 0.889. The Labute approximate surface area is 84.2 Å². The van der Waals surface area contributed by atoms with Crippen molar-refractivity contribution in [3.8, 4) is 0 Å². The molecule has 4 heteroatoms. The Balaban J connectivity index is 2.44. The van der Waals surface area contributed by atoms with Gasteiger partial charge in [-0.15, -0.1) is 0 Å². The Morgan fingerprint density at radius 2 is 2.46 bits per heavy atom. The first kappa shape index (κ1) is 10.9. The van der Waals surface area contributed by atoms with E-state index < -0.39 is 0 Å². The second-order valence-electron chi connectivity index (χ2n) is 3.35. The Hall–Kier alpha value is -0.220. The van der Waals surface area contributed by atoms with Crippen molar-refractivity contribution in [2.45, 2.75) is 19.4 Å². The number of hydrogen-bond donors (Lipinski definition) is 1. The average Bonchev–Trinajstić information content (AvgIpc) is 2.28. The van der Waals surface area contributed by atoms with Crippen LogP contribution in [0.25, 0.3) is 0 Å². The molecule has 0 saturated carbocycles. The summed E-state index contributed by atoms with van der Waals surface area (Å²) in [4.78, 5) is 13.7. The molecule has 0 radical (unpaired) electrons. The highest BCUT2D eigenvalue weighted by atomic mass is 32.2. The van der Waals surface area contributed by atoms with E-state index in [4.69, 9.17) is 0 Å². The molecule has 0 aromatic heterocycles. The maximum Gasteiger partial charge on any atom is 0.239 e. The smallest absolute Gasteiger partial charge is 0.239 e. The van der Waals surface area contributed by atoms with Gasteiger partial charge in [0.1, 0.15) is 0 Å². The van der Waals surface area contributed by atoms with Crippen molar-refractivity contribution < 1.29 is 4.79 Å². The minimum Gasteiger partial charge on any atom is -0.340 e. The molecule has 1 saturated heterocycles. The largest absolute Gasteiger partial charge is 0.340 e. The fourth-order valence-corrected chi connectivity index (χ4v) is 1.89. The lowest BCUT2D eigenvalue weighted by Gasteiger charge is -2.21. The number of hydrogen-bond acceptors (Lipinski definition) is 3. The topological polar surface area (TPSA) is 32.3 Å². The zero-order valence-corrected chi connectivity index (χ0v) is 9.19. The van der Waals surface area contributed by atoms with Gasteiger partial charge in [-0.3, -0.25) is 4.79 Å². The molecule has 1 N–H and O–H groups in total. The van der Waals surface area contributed by atoms with Crippen LogP contribution in [0.5, 0.6) is 0 Å². The minimum absolute atomic E-state index is 0.00403. The first-order chi connectivity index (χ1) is 6.25. The summed E-state index contributed by atoms with van der Waals surface area (Å²) >= 11 is 1.79. The third-order valence-corrected chi connectivity index (χ3v) is 2.89. The van der Waals surface area contributed by atoms with Crippen LogP contribution < -0.4 is 5.32 Å². The van der Waals surface area contributed by atoms with Crippen LogP contribution >= 0.6 is 11.8 Å². The van der Waals surface area contributed by atoms with Crippen molar-refractivity contribution in [1.82, 2.24) is 10.2 Å². The average molecular weight is 202 g/mol.